The topological polar surface area (TPSA) is 78.6 Å². The van der Waals surface area contributed by atoms with Gasteiger partial charge >= 0.3 is 6.18 Å². The van der Waals surface area contributed by atoms with Crippen LogP contribution in [0.3, 0.4) is 0 Å². The quantitative estimate of drug-likeness (QED) is 0.514. The molecule has 0 aromatic carbocycles. The highest BCUT2D eigenvalue weighted by Gasteiger charge is 2.35. The van der Waals surface area contributed by atoms with E-state index >= 15 is 0 Å². The summed E-state index contributed by atoms with van der Waals surface area (Å²) in [6.45, 7) is 0. The molecule has 0 aliphatic heterocycles. The molecule has 1 aromatic rings. The average molecular weight is 206 g/mol. The smallest absolute Gasteiger partial charge is 0.388 e. The molecule has 7 heteroatoms. The van der Waals surface area contributed by atoms with E-state index in [1.54, 1.807) is 0 Å². The summed E-state index contributed by atoms with van der Waals surface area (Å²) < 4.78 is 36.7. The number of rotatable bonds is 3. The Labute approximate surface area is 77.8 Å². The molecule has 0 atom stereocenters. The number of H-pyrrole nitrogens is 1. The van der Waals surface area contributed by atoms with Gasteiger partial charge in [-0.15, -0.1) is 0 Å². The van der Waals surface area contributed by atoms with Crippen LogP contribution >= 0.6 is 0 Å². The Bertz CT molecular complexity index is 328. The molecule has 1 rings (SSSR count). The number of amidine groups is 1. The molecule has 0 fully saturated rings. The van der Waals surface area contributed by atoms with Crippen LogP contribution in [0.25, 0.3) is 0 Å². The summed E-state index contributed by atoms with van der Waals surface area (Å²) in [5.41, 5.74) is 4.21. The fourth-order valence-corrected chi connectivity index (χ4v) is 1.02. The van der Waals surface area contributed by atoms with E-state index in [2.05, 4.69) is 5.10 Å². The number of nitrogens with zero attached hydrogens (tertiary/aromatic N) is 1. The first-order chi connectivity index (χ1) is 6.41. The number of aryl methyl sites for hydroxylation is 1. The number of hydrogen-bond acceptors (Lipinski definition) is 2. The van der Waals surface area contributed by atoms with Crippen LogP contribution in [0.15, 0.2) is 6.20 Å². The Balaban J connectivity index is 2.78. The molecule has 0 saturated heterocycles. The molecular formula is C7H9F3N4. The Hall–Kier alpha value is -1.53. The van der Waals surface area contributed by atoms with Gasteiger partial charge in [0.05, 0.1) is 12.0 Å². The van der Waals surface area contributed by atoms with E-state index in [-0.39, 0.29) is 24.2 Å². The van der Waals surface area contributed by atoms with Crippen molar-refractivity contribution in [2.45, 2.75) is 19.0 Å². The third kappa shape index (κ3) is 2.48. The molecule has 0 aliphatic rings. The molecule has 0 aliphatic carbocycles. The van der Waals surface area contributed by atoms with Gasteiger partial charge in [0.15, 0.2) is 0 Å². The van der Waals surface area contributed by atoms with E-state index < -0.39 is 11.9 Å². The van der Waals surface area contributed by atoms with Crippen molar-refractivity contribution in [2.75, 3.05) is 0 Å². The van der Waals surface area contributed by atoms with Crippen molar-refractivity contribution in [3.63, 3.8) is 0 Å². The standard InChI is InChI=1S/C7H9F3N4/c8-7(9,10)6-4(3-13-14-6)1-2-5(11)12/h3H,1-2H2,(H3,11,12)(H,13,14). The molecule has 1 aromatic heterocycles. The number of aromatic nitrogens is 2. The first kappa shape index (κ1) is 10.6. The van der Waals surface area contributed by atoms with Gasteiger partial charge in [-0.2, -0.15) is 18.3 Å². The van der Waals surface area contributed by atoms with Crippen molar-refractivity contribution in [1.82, 2.24) is 10.2 Å². The lowest BCUT2D eigenvalue weighted by Gasteiger charge is -2.05. The zero-order chi connectivity index (χ0) is 10.8. The minimum atomic E-state index is -4.43. The molecule has 4 N–H and O–H groups in total. The van der Waals surface area contributed by atoms with Gasteiger partial charge in [-0.3, -0.25) is 10.5 Å². The lowest BCUT2D eigenvalue weighted by molar-refractivity contribution is -0.141. The van der Waals surface area contributed by atoms with Crippen LogP contribution in [-0.4, -0.2) is 16.0 Å². The second-order valence-corrected chi connectivity index (χ2v) is 2.79. The highest BCUT2D eigenvalue weighted by atomic mass is 19.4. The SMILES string of the molecule is N=C(N)CCc1cn[nH]c1C(F)(F)F. The largest absolute Gasteiger partial charge is 0.433 e. The highest BCUT2D eigenvalue weighted by molar-refractivity contribution is 5.77. The molecule has 0 saturated carbocycles. The van der Waals surface area contributed by atoms with Crippen LogP contribution in [0.5, 0.6) is 0 Å². The number of aromatic amines is 1. The predicted octanol–water partition coefficient (Wildman–Crippen LogP) is 1.30. The van der Waals surface area contributed by atoms with E-state index in [9.17, 15) is 13.2 Å². The minimum Gasteiger partial charge on any atom is -0.388 e. The van der Waals surface area contributed by atoms with E-state index in [1.165, 1.54) is 0 Å². The van der Waals surface area contributed by atoms with Crippen molar-refractivity contribution in [1.29, 1.82) is 5.41 Å². The molecule has 1 heterocycles. The lowest BCUT2D eigenvalue weighted by atomic mass is 10.1. The maximum Gasteiger partial charge on any atom is 0.433 e. The minimum absolute atomic E-state index is 0.0349. The van der Waals surface area contributed by atoms with Crippen LogP contribution in [0.1, 0.15) is 17.7 Å². The van der Waals surface area contributed by atoms with Gasteiger partial charge in [0.25, 0.3) is 0 Å². The predicted molar refractivity (Wildman–Crippen MR) is 43.8 cm³/mol. The molecule has 0 bridgehead atoms. The number of halogens is 3. The summed E-state index contributed by atoms with van der Waals surface area (Å²) >= 11 is 0. The van der Waals surface area contributed by atoms with E-state index in [1.807, 2.05) is 5.10 Å². The molecule has 0 unspecified atom stereocenters. The van der Waals surface area contributed by atoms with Gasteiger partial charge in [-0.1, -0.05) is 0 Å². The van der Waals surface area contributed by atoms with Crippen molar-refractivity contribution in [3.8, 4) is 0 Å². The Kier molecular flexibility index (Phi) is 2.78. The Morgan fingerprint density at radius 2 is 2.21 bits per heavy atom. The van der Waals surface area contributed by atoms with Crippen molar-refractivity contribution in [3.05, 3.63) is 17.5 Å². The fraction of sp³-hybridized carbons (Fsp3) is 0.429. The summed E-state index contributed by atoms with van der Waals surface area (Å²) in [6, 6.07) is 0. The van der Waals surface area contributed by atoms with Crippen LogP contribution in [0, 0.1) is 5.41 Å². The van der Waals surface area contributed by atoms with Gasteiger partial charge < -0.3 is 5.73 Å². The van der Waals surface area contributed by atoms with Gasteiger partial charge in [0, 0.05) is 12.0 Å². The zero-order valence-electron chi connectivity index (χ0n) is 7.15. The highest BCUT2D eigenvalue weighted by Crippen LogP contribution is 2.30. The van der Waals surface area contributed by atoms with Crippen LogP contribution < -0.4 is 5.73 Å². The zero-order valence-corrected chi connectivity index (χ0v) is 7.15. The summed E-state index contributed by atoms with van der Waals surface area (Å²) in [6.07, 6.45) is -3.16. The van der Waals surface area contributed by atoms with Gasteiger partial charge in [0.1, 0.15) is 5.69 Å². The number of alkyl halides is 3. The number of nitrogens with one attached hydrogen (secondary N) is 2. The van der Waals surface area contributed by atoms with Crippen molar-refractivity contribution in [2.24, 2.45) is 5.73 Å². The van der Waals surface area contributed by atoms with E-state index in [0.29, 0.717) is 0 Å². The molecule has 14 heavy (non-hydrogen) atoms. The molecule has 0 radical (unpaired) electrons. The van der Waals surface area contributed by atoms with Crippen LogP contribution in [0.2, 0.25) is 0 Å². The Morgan fingerprint density at radius 3 is 2.71 bits per heavy atom. The molecule has 78 valence electrons. The lowest BCUT2D eigenvalue weighted by Crippen LogP contribution is -2.13. The van der Waals surface area contributed by atoms with Crippen LogP contribution in [0.4, 0.5) is 13.2 Å². The van der Waals surface area contributed by atoms with Crippen molar-refractivity contribution < 1.29 is 13.2 Å². The Morgan fingerprint density at radius 1 is 1.57 bits per heavy atom. The second-order valence-electron chi connectivity index (χ2n) is 2.79. The van der Waals surface area contributed by atoms with Gasteiger partial charge in [-0.25, -0.2) is 0 Å². The van der Waals surface area contributed by atoms with Crippen LogP contribution in [-0.2, 0) is 12.6 Å². The number of hydrogen-bond donors (Lipinski definition) is 3. The summed E-state index contributed by atoms with van der Waals surface area (Å²) in [5, 5.41) is 12.1. The maximum absolute atomic E-state index is 12.2. The molecular weight excluding hydrogens is 197 g/mol. The van der Waals surface area contributed by atoms with E-state index in [4.69, 9.17) is 11.1 Å². The third-order valence-corrected chi connectivity index (χ3v) is 1.67. The first-order valence-corrected chi connectivity index (χ1v) is 3.83. The second kappa shape index (κ2) is 3.69. The first-order valence-electron chi connectivity index (χ1n) is 3.83. The monoisotopic (exact) mass is 206 g/mol. The normalized spacial score (nSPS) is 11.6. The molecule has 0 spiro atoms. The molecule has 0 amide bonds. The van der Waals surface area contributed by atoms with Gasteiger partial charge in [-0.05, 0) is 6.42 Å². The summed E-state index contributed by atoms with van der Waals surface area (Å²) in [4.78, 5) is 0. The number of nitrogens with two attached hydrogens (primary N) is 1. The fourth-order valence-electron chi connectivity index (χ4n) is 1.02. The third-order valence-electron chi connectivity index (χ3n) is 1.67. The van der Waals surface area contributed by atoms with Gasteiger partial charge in [0.2, 0.25) is 0 Å². The summed E-state index contributed by atoms with van der Waals surface area (Å²) in [7, 11) is 0. The van der Waals surface area contributed by atoms with Crippen molar-refractivity contribution >= 4 is 5.84 Å². The summed E-state index contributed by atoms with van der Waals surface area (Å²) in [5.74, 6) is -0.140. The van der Waals surface area contributed by atoms with E-state index in [0.717, 1.165) is 6.20 Å². The average Bonchev–Trinajstić information content (AvgIpc) is 2.46. The molecule has 4 nitrogen and oxygen atoms in total. The maximum atomic E-state index is 12.2.